The van der Waals surface area contributed by atoms with E-state index in [-0.39, 0.29) is 6.61 Å². The highest BCUT2D eigenvalue weighted by Crippen LogP contribution is 2.39. The number of esters is 1. The van der Waals surface area contributed by atoms with E-state index >= 15 is 0 Å². The number of carbonyl (C=O) groups excluding carboxylic acids is 3. The number of hydrogen-bond donors (Lipinski definition) is 0. The fraction of sp³-hybridized carbons (Fsp3) is 0.455. The number of aryl methyl sites for hydroxylation is 1. The van der Waals surface area contributed by atoms with Crippen molar-refractivity contribution < 1.29 is 19.1 Å². The minimum atomic E-state index is -0.720. The fourth-order valence-electron chi connectivity index (χ4n) is 4.28. The molecular weight excluding hydrogens is 398 g/mol. The number of ether oxygens (including phenoxy) is 1. The molecule has 0 aliphatic carbocycles. The summed E-state index contributed by atoms with van der Waals surface area (Å²) >= 11 is 0. The number of urea groups is 1. The predicted molar refractivity (Wildman–Crippen MR) is 115 cm³/mol. The minimum Gasteiger partial charge on any atom is -0.465 e. The van der Waals surface area contributed by atoms with Crippen molar-refractivity contribution >= 4 is 29.6 Å². The molecule has 0 N–H and O–H groups in total. The van der Waals surface area contributed by atoms with Crippen molar-refractivity contribution in [2.45, 2.75) is 46.3 Å². The van der Waals surface area contributed by atoms with Crippen LogP contribution in [0.1, 0.15) is 33.3 Å². The molecule has 3 amide bonds. The van der Waals surface area contributed by atoms with Crippen LogP contribution in [0.15, 0.2) is 40.7 Å². The Morgan fingerprint density at radius 2 is 1.77 bits per heavy atom. The molecule has 4 rings (SSSR count). The summed E-state index contributed by atoms with van der Waals surface area (Å²) in [5, 5.41) is 0. The normalized spacial score (nSPS) is 22.8. The van der Waals surface area contributed by atoms with E-state index in [1.807, 2.05) is 35.8 Å². The summed E-state index contributed by atoms with van der Waals surface area (Å²) in [4.78, 5) is 49.2. The third kappa shape index (κ3) is 3.15. The smallest absolute Gasteiger partial charge is 0.328 e. The Morgan fingerprint density at radius 1 is 1.10 bits per heavy atom. The molecule has 9 heteroatoms. The van der Waals surface area contributed by atoms with Gasteiger partial charge in [0.2, 0.25) is 5.96 Å². The van der Waals surface area contributed by atoms with Crippen LogP contribution in [0.25, 0.3) is 0 Å². The van der Waals surface area contributed by atoms with Gasteiger partial charge in [0.15, 0.2) is 12.2 Å². The summed E-state index contributed by atoms with van der Waals surface area (Å²) in [6.07, 6.45) is 0.289. The van der Waals surface area contributed by atoms with Gasteiger partial charge in [0.25, 0.3) is 5.91 Å². The SMILES string of the molecule is CCOC(=O)CN1C(=O)C2C(N=C3N(c4ccc(CC)cc4)C(C)=C(C)N32)N(C)C1=O. The molecule has 2 unspecified atom stereocenters. The van der Waals surface area contributed by atoms with Gasteiger partial charge in [-0.05, 0) is 44.9 Å². The van der Waals surface area contributed by atoms with Gasteiger partial charge in [-0.15, -0.1) is 0 Å². The first-order valence-corrected chi connectivity index (χ1v) is 10.5. The van der Waals surface area contributed by atoms with E-state index in [4.69, 9.17) is 9.73 Å². The maximum absolute atomic E-state index is 13.3. The molecule has 0 radical (unpaired) electrons. The van der Waals surface area contributed by atoms with Crippen LogP contribution in [0, 0.1) is 0 Å². The number of guanidine groups is 1. The van der Waals surface area contributed by atoms with Gasteiger partial charge in [0, 0.05) is 24.1 Å². The van der Waals surface area contributed by atoms with E-state index in [0.717, 1.165) is 28.4 Å². The molecule has 1 saturated heterocycles. The summed E-state index contributed by atoms with van der Waals surface area (Å²) in [7, 11) is 1.60. The summed E-state index contributed by atoms with van der Waals surface area (Å²) < 4.78 is 4.94. The Bertz CT molecular complexity index is 1000. The Kier molecular flexibility index (Phi) is 5.20. The van der Waals surface area contributed by atoms with Gasteiger partial charge in [-0.2, -0.15) is 0 Å². The third-order valence-corrected chi connectivity index (χ3v) is 6.09. The summed E-state index contributed by atoms with van der Waals surface area (Å²) in [5.41, 5.74) is 4.03. The zero-order chi connectivity index (χ0) is 22.4. The number of amides is 3. The van der Waals surface area contributed by atoms with Crippen molar-refractivity contribution in [3.63, 3.8) is 0 Å². The lowest BCUT2D eigenvalue weighted by Gasteiger charge is -2.40. The maximum atomic E-state index is 13.3. The Hall–Kier alpha value is -3.36. The van der Waals surface area contributed by atoms with Gasteiger partial charge in [-0.25, -0.2) is 9.79 Å². The highest BCUT2D eigenvalue weighted by molar-refractivity contribution is 6.11. The zero-order valence-electron chi connectivity index (χ0n) is 18.5. The standard InChI is InChI=1S/C22H27N5O4/c1-6-15-8-10-16(11-9-15)26-13(3)14(4)27-18-19(23-21(26)27)24(5)22(30)25(20(18)29)12-17(28)31-7-2/h8-11,18-19H,6-7,12H2,1-5H3. The van der Waals surface area contributed by atoms with Gasteiger partial charge in [-0.1, -0.05) is 19.1 Å². The number of allylic oxidation sites excluding steroid dienone is 2. The number of rotatable bonds is 5. The van der Waals surface area contributed by atoms with E-state index in [1.165, 1.54) is 10.5 Å². The molecule has 0 saturated carbocycles. The fourth-order valence-corrected chi connectivity index (χ4v) is 4.28. The summed E-state index contributed by atoms with van der Waals surface area (Å²) in [5.74, 6) is -0.451. The molecule has 164 valence electrons. The second-order valence-corrected chi connectivity index (χ2v) is 7.81. The lowest BCUT2D eigenvalue weighted by Crippen LogP contribution is -2.65. The number of imide groups is 1. The van der Waals surface area contributed by atoms with Crippen LogP contribution in [0.5, 0.6) is 0 Å². The average molecular weight is 425 g/mol. The number of carbonyl (C=O) groups is 3. The Balaban J connectivity index is 1.69. The number of benzene rings is 1. The number of aliphatic imine (C=N–C) groups is 1. The molecule has 31 heavy (non-hydrogen) atoms. The highest BCUT2D eigenvalue weighted by Gasteiger charge is 2.56. The number of likely N-dealkylation sites (N-methyl/N-ethyl adjacent to an activating group) is 1. The van der Waals surface area contributed by atoms with E-state index in [9.17, 15) is 14.4 Å². The first-order chi connectivity index (χ1) is 14.8. The van der Waals surface area contributed by atoms with Crippen LogP contribution in [-0.4, -0.2) is 71.0 Å². The topological polar surface area (TPSA) is 85.8 Å². The van der Waals surface area contributed by atoms with Crippen molar-refractivity contribution in [2.75, 3.05) is 25.1 Å². The average Bonchev–Trinajstić information content (AvgIpc) is 3.25. The van der Waals surface area contributed by atoms with Crippen LogP contribution in [0.4, 0.5) is 10.5 Å². The second kappa shape index (κ2) is 7.72. The predicted octanol–water partition coefficient (Wildman–Crippen LogP) is 2.14. The van der Waals surface area contributed by atoms with Crippen molar-refractivity contribution in [1.82, 2.24) is 14.7 Å². The molecular formula is C22H27N5O4. The van der Waals surface area contributed by atoms with Crippen molar-refractivity contribution in [2.24, 2.45) is 4.99 Å². The summed E-state index contributed by atoms with van der Waals surface area (Å²) in [6, 6.07) is 6.95. The Labute approximate surface area is 181 Å². The highest BCUT2D eigenvalue weighted by atomic mass is 16.5. The quantitative estimate of drug-likeness (QED) is 0.672. The van der Waals surface area contributed by atoms with Crippen LogP contribution < -0.4 is 4.90 Å². The lowest BCUT2D eigenvalue weighted by molar-refractivity contribution is -0.150. The van der Waals surface area contributed by atoms with Crippen LogP contribution in [0.3, 0.4) is 0 Å². The van der Waals surface area contributed by atoms with Crippen molar-refractivity contribution in [3.05, 3.63) is 41.2 Å². The first-order valence-electron chi connectivity index (χ1n) is 10.5. The van der Waals surface area contributed by atoms with Gasteiger partial charge in [0.05, 0.1) is 6.61 Å². The molecule has 0 bridgehead atoms. The maximum Gasteiger partial charge on any atom is 0.328 e. The minimum absolute atomic E-state index is 0.184. The van der Waals surface area contributed by atoms with Gasteiger partial charge in [0.1, 0.15) is 6.54 Å². The summed E-state index contributed by atoms with van der Waals surface area (Å²) in [6.45, 7) is 7.48. The van der Waals surface area contributed by atoms with Crippen LogP contribution in [-0.2, 0) is 20.7 Å². The molecule has 1 aromatic rings. The second-order valence-electron chi connectivity index (χ2n) is 7.81. The molecule has 9 nitrogen and oxygen atoms in total. The van der Waals surface area contributed by atoms with Crippen LogP contribution >= 0.6 is 0 Å². The van der Waals surface area contributed by atoms with E-state index in [1.54, 1.807) is 14.0 Å². The molecule has 2 atom stereocenters. The number of anilines is 1. The third-order valence-electron chi connectivity index (χ3n) is 6.09. The first kappa shape index (κ1) is 20.9. The van der Waals surface area contributed by atoms with Crippen LogP contribution in [0.2, 0.25) is 0 Å². The lowest BCUT2D eigenvalue weighted by atomic mass is 10.1. The number of hydrogen-bond acceptors (Lipinski definition) is 7. The Morgan fingerprint density at radius 3 is 2.39 bits per heavy atom. The van der Waals surface area contributed by atoms with Crippen molar-refractivity contribution in [3.8, 4) is 0 Å². The monoisotopic (exact) mass is 425 g/mol. The van der Waals surface area contributed by atoms with Gasteiger partial charge < -0.3 is 9.64 Å². The largest absolute Gasteiger partial charge is 0.465 e. The van der Waals surface area contributed by atoms with E-state index < -0.39 is 36.7 Å². The van der Waals surface area contributed by atoms with E-state index in [0.29, 0.717) is 5.96 Å². The number of nitrogens with zero attached hydrogens (tertiary/aromatic N) is 5. The number of fused-ring (bicyclic) bond motifs is 3. The van der Waals surface area contributed by atoms with Gasteiger partial charge >= 0.3 is 12.0 Å². The van der Waals surface area contributed by atoms with Gasteiger partial charge in [-0.3, -0.25) is 24.3 Å². The molecule has 1 fully saturated rings. The molecule has 3 aliphatic rings. The molecule has 0 aromatic heterocycles. The molecule has 0 spiro atoms. The van der Waals surface area contributed by atoms with E-state index in [2.05, 4.69) is 19.1 Å². The molecule has 3 aliphatic heterocycles. The zero-order valence-corrected chi connectivity index (χ0v) is 18.5. The molecule has 1 aromatic carbocycles. The molecule has 3 heterocycles. The van der Waals surface area contributed by atoms with Crippen molar-refractivity contribution in [1.29, 1.82) is 0 Å².